The van der Waals surface area contributed by atoms with Gasteiger partial charge in [-0.1, -0.05) is 36.4 Å². The van der Waals surface area contributed by atoms with Gasteiger partial charge in [0, 0.05) is 31.4 Å². The van der Waals surface area contributed by atoms with Gasteiger partial charge in [0.2, 0.25) is 0 Å². The molecule has 0 N–H and O–H groups in total. The normalized spacial score (nSPS) is 12.5. The molecule has 0 fully saturated rings. The fourth-order valence-corrected chi connectivity index (χ4v) is 2.51. The van der Waals surface area contributed by atoms with E-state index in [1.807, 2.05) is 63.4 Å². The van der Waals surface area contributed by atoms with Gasteiger partial charge in [-0.05, 0) is 44.9 Å². The Hall–Kier alpha value is -2.36. The first kappa shape index (κ1) is 18.0. The summed E-state index contributed by atoms with van der Waals surface area (Å²) >= 11 is 0. The van der Waals surface area contributed by atoms with Crippen molar-refractivity contribution in [3.63, 3.8) is 0 Å². The predicted octanol–water partition coefficient (Wildman–Crippen LogP) is 4.47. The van der Waals surface area contributed by atoms with Crippen LogP contribution in [0.1, 0.15) is 44.4 Å². The Morgan fingerprint density at radius 2 is 1.79 bits per heavy atom. The number of benzene rings is 1. The van der Waals surface area contributed by atoms with Crippen LogP contribution in [-0.4, -0.2) is 35.2 Å². The molecule has 0 aliphatic rings. The van der Waals surface area contributed by atoms with Crippen LogP contribution in [0.25, 0.3) is 0 Å². The monoisotopic (exact) mass is 326 g/mol. The number of hydrogen-bond donors (Lipinski definition) is 0. The molecule has 1 aromatic heterocycles. The van der Waals surface area contributed by atoms with Gasteiger partial charge in [-0.3, -0.25) is 4.98 Å². The Kier molecular flexibility index (Phi) is 5.96. The van der Waals surface area contributed by atoms with Crippen molar-refractivity contribution in [3.05, 3.63) is 66.0 Å². The molecule has 0 radical (unpaired) electrons. The topological polar surface area (TPSA) is 42.4 Å². The predicted molar refractivity (Wildman–Crippen MR) is 96.0 cm³/mol. The molecule has 1 aromatic carbocycles. The molecule has 1 amide bonds. The van der Waals surface area contributed by atoms with Gasteiger partial charge in [-0.25, -0.2) is 4.79 Å². The number of ether oxygens (including phenoxy) is 1. The van der Waals surface area contributed by atoms with Gasteiger partial charge in [0.05, 0.1) is 0 Å². The third-order valence-electron chi connectivity index (χ3n) is 3.71. The lowest BCUT2D eigenvalue weighted by atomic mass is 9.92. The molecule has 0 unspecified atom stereocenters. The highest BCUT2D eigenvalue weighted by atomic mass is 16.6. The van der Waals surface area contributed by atoms with Crippen LogP contribution in [0.3, 0.4) is 0 Å². The van der Waals surface area contributed by atoms with E-state index in [9.17, 15) is 4.79 Å². The van der Waals surface area contributed by atoms with Crippen LogP contribution in [0.5, 0.6) is 0 Å². The van der Waals surface area contributed by atoms with Crippen molar-refractivity contribution in [2.75, 3.05) is 13.6 Å². The lowest BCUT2D eigenvalue weighted by Gasteiger charge is -2.26. The summed E-state index contributed by atoms with van der Waals surface area (Å²) in [5.74, 6) is 0.150. The fraction of sp³-hybridized carbons (Fsp3) is 0.400. The zero-order valence-electron chi connectivity index (χ0n) is 14.9. The Morgan fingerprint density at radius 1 is 1.12 bits per heavy atom. The summed E-state index contributed by atoms with van der Waals surface area (Å²) in [6.07, 6.45) is 2.30. The van der Waals surface area contributed by atoms with Gasteiger partial charge < -0.3 is 9.64 Å². The molecule has 24 heavy (non-hydrogen) atoms. The number of amides is 1. The third-order valence-corrected chi connectivity index (χ3v) is 3.71. The lowest BCUT2D eigenvalue weighted by Crippen LogP contribution is -2.35. The zero-order chi connectivity index (χ0) is 17.6. The lowest BCUT2D eigenvalue weighted by molar-refractivity contribution is 0.0295. The number of rotatable bonds is 5. The maximum absolute atomic E-state index is 12.1. The van der Waals surface area contributed by atoms with Crippen molar-refractivity contribution in [2.24, 2.45) is 0 Å². The Bertz CT molecular complexity index is 596. The maximum Gasteiger partial charge on any atom is 0.410 e. The third kappa shape index (κ3) is 5.37. The molecule has 4 heteroatoms. The number of carbonyl (C=O) groups is 1. The van der Waals surface area contributed by atoms with Crippen molar-refractivity contribution in [2.45, 2.75) is 38.7 Å². The zero-order valence-corrected chi connectivity index (χ0v) is 14.9. The second kappa shape index (κ2) is 7.95. The minimum atomic E-state index is -0.481. The second-order valence-electron chi connectivity index (χ2n) is 6.91. The molecule has 1 atom stereocenters. The molecule has 0 aliphatic heterocycles. The number of pyridine rings is 1. The van der Waals surface area contributed by atoms with E-state index < -0.39 is 5.60 Å². The van der Waals surface area contributed by atoms with Crippen LogP contribution in [-0.2, 0) is 4.74 Å². The van der Waals surface area contributed by atoms with Crippen LogP contribution in [0, 0.1) is 0 Å². The molecular formula is C20H26N2O2. The van der Waals surface area contributed by atoms with E-state index >= 15 is 0 Å². The highest BCUT2D eigenvalue weighted by molar-refractivity contribution is 5.67. The fourth-order valence-electron chi connectivity index (χ4n) is 2.51. The highest BCUT2D eigenvalue weighted by Gasteiger charge is 2.21. The molecule has 0 spiro atoms. The number of carbonyl (C=O) groups excluding carboxylic acids is 1. The molecule has 1 heterocycles. The standard InChI is InChI=1S/C20H26N2O2/c1-20(2,3)24-19(23)22(4)15-13-17(16-10-6-5-7-11-16)18-12-8-9-14-21-18/h5-12,14,17H,13,15H2,1-4H3/t17-/m0/s1. The highest BCUT2D eigenvalue weighted by Crippen LogP contribution is 2.26. The average Bonchev–Trinajstić information content (AvgIpc) is 2.55. The van der Waals surface area contributed by atoms with E-state index in [1.54, 1.807) is 11.9 Å². The maximum atomic E-state index is 12.1. The van der Waals surface area contributed by atoms with Crippen LogP contribution < -0.4 is 0 Å². The summed E-state index contributed by atoms with van der Waals surface area (Å²) in [6, 6.07) is 16.2. The van der Waals surface area contributed by atoms with Crippen molar-refractivity contribution in [1.29, 1.82) is 0 Å². The van der Waals surface area contributed by atoms with Crippen LogP contribution in [0.15, 0.2) is 54.7 Å². The molecule has 2 aromatic rings. The summed E-state index contributed by atoms with van der Waals surface area (Å²) in [5, 5.41) is 0. The summed E-state index contributed by atoms with van der Waals surface area (Å²) in [7, 11) is 1.77. The van der Waals surface area contributed by atoms with Gasteiger partial charge in [-0.15, -0.1) is 0 Å². The van der Waals surface area contributed by atoms with E-state index in [2.05, 4.69) is 17.1 Å². The molecule has 2 rings (SSSR count). The van der Waals surface area contributed by atoms with E-state index in [4.69, 9.17) is 4.74 Å². The van der Waals surface area contributed by atoms with E-state index in [0.29, 0.717) is 6.54 Å². The quantitative estimate of drug-likeness (QED) is 0.814. The summed E-state index contributed by atoms with van der Waals surface area (Å²) < 4.78 is 5.41. The smallest absolute Gasteiger partial charge is 0.410 e. The number of aromatic nitrogens is 1. The molecule has 128 valence electrons. The minimum Gasteiger partial charge on any atom is -0.444 e. The van der Waals surface area contributed by atoms with Gasteiger partial charge >= 0.3 is 6.09 Å². The van der Waals surface area contributed by atoms with Crippen LogP contribution in [0.4, 0.5) is 4.79 Å². The van der Waals surface area contributed by atoms with Gasteiger partial charge in [0.1, 0.15) is 5.60 Å². The van der Waals surface area contributed by atoms with E-state index in [-0.39, 0.29) is 12.0 Å². The number of nitrogens with zero attached hydrogens (tertiary/aromatic N) is 2. The van der Waals surface area contributed by atoms with Crippen LogP contribution in [0.2, 0.25) is 0 Å². The minimum absolute atomic E-state index is 0.150. The molecule has 0 saturated heterocycles. The molecule has 0 saturated carbocycles. The first-order valence-electron chi connectivity index (χ1n) is 8.27. The van der Waals surface area contributed by atoms with Crippen LogP contribution >= 0.6 is 0 Å². The first-order valence-corrected chi connectivity index (χ1v) is 8.27. The van der Waals surface area contributed by atoms with E-state index in [0.717, 1.165) is 12.1 Å². The SMILES string of the molecule is CN(CC[C@@H](c1ccccc1)c1ccccn1)C(=O)OC(C)(C)C. The average molecular weight is 326 g/mol. The largest absolute Gasteiger partial charge is 0.444 e. The Balaban J connectivity index is 2.08. The molecule has 0 aliphatic carbocycles. The van der Waals surface area contributed by atoms with Gasteiger partial charge in [-0.2, -0.15) is 0 Å². The van der Waals surface area contributed by atoms with Crippen molar-refractivity contribution in [3.8, 4) is 0 Å². The molecular weight excluding hydrogens is 300 g/mol. The second-order valence-corrected chi connectivity index (χ2v) is 6.91. The summed E-state index contributed by atoms with van der Waals surface area (Å²) in [6.45, 7) is 6.23. The Labute approximate surface area is 144 Å². The van der Waals surface area contributed by atoms with Crippen molar-refractivity contribution < 1.29 is 9.53 Å². The van der Waals surface area contributed by atoms with Gasteiger partial charge in [0.15, 0.2) is 0 Å². The van der Waals surface area contributed by atoms with Gasteiger partial charge in [0.25, 0.3) is 0 Å². The summed E-state index contributed by atoms with van der Waals surface area (Å²) in [5.41, 5.74) is 1.74. The van der Waals surface area contributed by atoms with Crippen molar-refractivity contribution >= 4 is 6.09 Å². The van der Waals surface area contributed by atoms with Crippen molar-refractivity contribution in [1.82, 2.24) is 9.88 Å². The number of hydrogen-bond acceptors (Lipinski definition) is 3. The van der Waals surface area contributed by atoms with E-state index in [1.165, 1.54) is 5.56 Å². The molecule has 0 bridgehead atoms. The Morgan fingerprint density at radius 3 is 2.38 bits per heavy atom. The molecule has 4 nitrogen and oxygen atoms in total. The first-order chi connectivity index (χ1) is 11.4. The summed E-state index contributed by atoms with van der Waals surface area (Å²) in [4.78, 5) is 18.3.